The molecule has 0 aliphatic heterocycles. The Hall–Kier alpha value is -1.59. The van der Waals surface area contributed by atoms with E-state index in [4.69, 9.17) is 11.6 Å². The van der Waals surface area contributed by atoms with Gasteiger partial charge in [-0.3, -0.25) is 4.79 Å². The van der Waals surface area contributed by atoms with Gasteiger partial charge in [-0.15, -0.1) is 11.8 Å². The summed E-state index contributed by atoms with van der Waals surface area (Å²) >= 11 is 7.29. The summed E-state index contributed by atoms with van der Waals surface area (Å²) in [7, 11) is 0. The third-order valence-corrected chi connectivity index (χ3v) is 4.49. The monoisotopic (exact) mass is 355 g/mol. The minimum absolute atomic E-state index is 0.152. The highest BCUT2D eigenvalue weighted by molar-refractivity contribution is 7.99. The summed E-state index contributed by atoms with van der Waals surface area (Å²) in [6, 6.07) is 10.7. The SMILES string of the molecule is CC(NC(=O)CSCc1ccc(Cl)cc1)c1ccc(F)c(F)c1. The van der Waals surface area contributed by atoms with Crippen LogP contribution in [-0.4, -0.2) is 11.7 Å². The number of halogens is 3. The fourth-order valence-electron chi connectivity index (χ4n) is 1.99. The molecule has 0 bridgehead atoms. The van der Waals surface area contributed by atoms with Crippen molar-refractivity contribution in [3.63, 3.8) is 0 Å². The van der Waals surface area contributed by atoms with Crippen LogP contribution in [0.25, 0.3) is 0 Å². The van der Waals surface area contributed by atoms with Crippen LogP contribution >= 0.6 is 23.4 Å². The zero-order valence-corrected chi connectivity index (χ0v) is 14.1. The molecule has 1 amide bonds. The average Bonchev–Trinajstić information content (AvgIpc) is 2.52. The minimum atomic E-state index is -0.916. The summed E-state index contributed by atoms with van der Waals surface area (Å²) in [6.45, 7) is 1.73. The van der Waals surface area contributed by atoms with Gasteiger partial charge < -0.3 is 5.32 Å². The Kier molecular flexibility index (Phi) is 6.42. The summed E-state index contributed by atoms with van der Waals surface area (Å²) < 4.78 is 26.1. The van der Waals surface area contributed by atoms with Crippen LogP contribution in [0.2, 0.25) is 5.02 Å². The lowest BCUT2D eigenvalue weighted by Crippen LogP contribution is -2.28. The number of carbonyl (C=O) groups excluding carboxylic acids is 1. The maximum atomic E-state index is 13.2. The number of benzene rings is 2. The maximum Gasteiger partial charge on any atom is 0.230 e. The van der Waals surface area contributed by atoms with Crippen molar-refractivity contribution in [2.45, 2.75) is 18.7 Å². The van der Waals surface area contributed by atoms with Crippen LogP contribution in [0, 0.1) is 11.6 Å². The lowest BCUT2D eigenvalue weighted by atomic mass is 10.1. The summed E-state index contributed by atoms with van der Waals surface area (Å²) in [4.78, 5) is 11.9. The summed E-state index contributed by atoms with van der Waals surface area (Å²) in [5.74, 6) is -0.978. The molecule has 0 radical (unpaired) electrons. The number of nitrogens with one attached hydrogen (secondary N) is 1. The molecule has 1 unspecified atom stereocenters. The number of hydrogen-bond donors (Lipinski definition) is 1. The highest BCUT2D eigenvalue weighted by Gasteiger charge is 2.12. The first-order chi connectivity index (χ1) is 11.0. The van der Waals surface area contributed by atoms with Crippen molar-refractivity contribution in [2.24, 2.45) is 0 Å². The Morgan fingerprint density at radius 2 is 1.87 bits per heavy atom. The van der Waals surface area contributed by atoms with Crippen molar-refractivity contribution in [2.75, 3.05) is 5.75 Å². The molecule has 2 aromatic carbocycles. The van der Waals surface area contributed by atoms with Gasteiger partial charge in [0.15, 0.2) is 11.6 Å². The fourth-order valence-corrected chi connectivity index (χ4v) is 2.92. The molecule has 0 heterocycles. The highest BCUT2D eigenvalue weighted by atomic mass is 35.5. The van der Waals surface area contributed by atoms with E-state index < -0.39 is 11.6 Å². The molecule has 2 aromatic rings. The molecule has 6 heteroatoms. The second kappa shape index (κ2) is 8.31. The summed E-state index contributed by atoms with van der Waals surface area (Å²) in [5.41, 5.74) is 1.61. The smallest absolute Gasteiger partial charge is 0.230 e. The first kappa shape index (κ1) is 17.8. The van der Waals surface area contributed by atoms with E-state index in [0.717, 1.165) is 17.7 Å². The van der Waals surface area contributed by atoms with Gasteiger partial charge in [-0.1, -0.05) is 29.8 Å². The van der Waals surface area contributed by atoms with Crippen molar-refractivity contribution in [3.05, 3.63) is 70.2 Å². The topological polar surface area (TPSA) is 29.1 Å². The van der Waals surface area contributed by atoms with E-state index in [1.807, 2.05) is 24.3 Å². The minimum Gasteiger partial charge on any atom is -0.349 e. The molecule has 1 N–H and O–H groups in total. The summed E-state index contributed by atoms with van der Waals surface area (Å²) in [6.07, 6.45) is 0. The predicted octanol–water partition coefficient (Wildman–Crippen LogP) is 4.73. The molecule has 0 aliphatic rings. The van der Waals surface area contributed by atoms with Crippen molar-refractivity contribution in [3.8, 4) is 0 Å². The van der Waals surface area contributed by atoms with Gasteiger partial charge in [-0.2, -0.15) is 0 Å². The molecular formula is C17H16ClF2NOS. The van der Waals surface area contributed by atoms with E-state index in [0.29, 0.717) is 16.3 Å². The number of hydrogen-bond acceptors (Lipinski definition) is 2. The predicted molar refractivity (Wildman–Crippen MR) is 90.5 cm³/mol. The molecule has 0 saturated heterocycles. The standard InChI is InChI=1S/C17H16ClF2NOS/c1-11(13-4-7-15(19)16(20)8-13)21-17(22)10-23-9-12-2-5-14(18)6-3-12/h2-8,11H,9-10H2,1H3,(H,21,22). The van der Waals surface area contributed by atoms with E-state index in [1.165, 1.54) is 17.8 Å². The van der Waals surface area contributed by atoms with E-state index in [-0.39, 0.29) is 17.7 Å². The third-order valence-electron chi connectivity index (χ3n) is 3.24. The first-order valence-corrected chi connectivity index (χ1v) is 8.55. The molecule has 0 fully saturated rings. The van der Waals surface area contributed by atoms with Gasteiger partial charge in [0.25, 0.3) is 0 Å². The van der Waals surface area contributed by atoms with Crippen LogP contribution in [0.3, 0.4) is 0 Å². The Bertz CT molecular complexity index is 679. The molecule has 0 saturated carbocycles. The number of rotatable bonds is 6. The van der Waals surface area contributed by atoms with Crippen LogP contribution in [-0.2, 0) is 10.5 Å². The average molecular weight is 356 g/mol. The molecule has 0 aliphatic carbocycles. The lowest BCUT2D eigenvalue weighted by molar-refractivity contribution is -0.119. The molecule has 0 aromatic heterocycles. The molecule has 23 heavy (non-hydrogen) atoms. The second-order valence-corrected chi connectivity index (χ2v) is 6.50. The van der Waals surface area contributed by atoms with Crippen LogP contribution in [0.4, 0.5) is 8.78 Å². The quantitative estimate of drug-likeness (QED) is 0.811. The van der Waals surface area contributed by atoms with Gasteiger partial charge in [0.05, 0.1) is 11.8 Å². The van der Waals surface area contributed by atoms with Crippen LogP contribution in [0.15, 0.2) is 42.5 Å². The van der Waals surface area contributed by atoms with Crippen molar-refractivity contribution in [1.82, 2.24) is 5.32 Å². The summed E-state index contributed by atoms with van der Waals surface area (Å²) in [5, 5.41) is 3.45. The van der Waals surface area contributed by atoms with E-state index in [2.05, 4.69) is 5.32 Å². The van der Waals surface area contributed by atoms with Crippen molar-refractivity contribution < 1.29 is 13.6 Å². The van der Waals surface area contributed by atoms with Gasteiger partial charge in [0, 0.05) is 10.8 Å². The van der Waals surface area contributed by atoms with E-state index >= 15 is 0 Å². The molecule has 2 rings (SSSR count). The zero-order chi connectivity index (χ0) is 16.8. The van der Waals surface area contributed by atoms with Gasteiger partial charge in [-0.25, -0.2) is 8.78 Å². The Balaban J connectivity index is 1.79. The fraction of sp³-hybridized carbons (Fsp3) is 0.235. The molecule has 2 nitrogen and oxygen atoms in total. The van der Waals surface area contributed by atoms with Crippen molar-refractivity contribution in [1.29, 1.82) is 0 Å². The Morgan fingerprint density at radius 3 is 2.52 bits per heavy atom. The van der Waals surface area contributed by atoms with Crippen LogP contribution < -0.4 is 5.32 Å². The molecular weight excluding hydrogens is 340 g/mol. The Labute approximate surface area is 143 Å². The number of amides is 1. The molecule has 1 atom stereocenters. The van der Waals surface area contributed by atoms with Crippen LogP contribution in [0.5, 0.6) is 0 Å². The normalized spacial score (nSPS) is 12.0. The van der Waals surface area contributed by atoms with Crippen LogP contribution in [0.1, 0.15) is 24.1 Å². The number of thioether (sulfide) groups is 1. The van der Waals surface area contributed by atoms with E-state index in [9.17, 15) is 13.6 Å². The van der Waals surface area contributed by atoms with Gasteiger partial charge in [0.2, 0.25) is 5.91 Å². The third kappa shape index (κ3) is 5.52. The Morgan fingerprint density at radius 1 is 1.17 bits per heavy atom. The van der Waals surface area contributed by atoms with Crippen molar-refractivity contribution >= 4 is 29.3 Å². The highest BCUT2D eigenvalue weighted by Crippen LogP contribution is 2.18. The zero-order valence-electron chi connectivity index (χ0n) is 12.5. The largest absolute Gasteiger partial charge is 0.349 e. The van der Waals surface area contributed by atoms with Gasteiger partial charge >= 0.3 is 0 Å². The van der Waals surface area contributed by atoms with E-state index in [1.54, 1.807) is 6.92 Å². The molecule has 122 valence electrons. The first-order valence-electron chi connectivity index (χ1n) is 7.02. The second-order valence-electron chi connectivity index (χ2n) is 5.08. The van der Waals surface area contributed by atoms with Gasteiger partial charge in [-0.05, 0) is 42.3 Å². The molecule has 0 spiro atoms. The maximum absolute atomic E-state index is 13.2. The lowest BCUT2D eigenvalue weighted by Gasteiger charge is -2.14. The number of carbonyl (C=O) groups is 1. The van der Waals surface area contributed by atoms with Gasteiger partial charge in [0.1, 0.15) is 0 Å².